The Morgan fingerprint density at radius 1 is 1.05 bits per heavy atom. The maximum atomic E-state index is 13.1. The summed E-state index contributed by atoms with van der Waals surface area (Å²) < 4.78 is 39.3. The highest BCUT2D eigenvalue weighted by Gasteiger charge is 2.48. The van der Waals surface area contributed by atoms with Crippen LogP contribution in [0.2, 0.25) is 0 Å². The van der Waals surface area contributed by atoms with Crippen LogP contribution in [0.4, 0.5) is 13.2 Å². The molecular formula is C15H23BrF3NO. The molecular weight excluding hydrogens is 347 g/mol. The van der Waals surface area contributed by atoms with Crippen molar-refractivity contribution >= 4 is 21.8 Å². The standard InChI is InChI=1S/C15H23BrF3NO/c16-9-10-5-1-4-8-13(10)20-14(21)11-6-2-3-7-12(11)15(17,18)19/h10-13H,1-9H2,(H,20,21). The van der Waals surface area contributed by atoms with Crippen LogP contribution in [0.15, 0.2) is 0 Å². The highest BCUT2D eigenvalue weighted by atomic mass is 79.9. The molecule has 1 N–H and O–H groups in total. The molecule has 6 heteroatoms. The van der Waals surface area contributed by atoms with Gasteiger partial charge >= 0.3 is 6.18 Å². The van der Waals surface area contributed by atoms with Crippen molar-refractivity contribution in [2.24, 2.45) is 17.8 Å². The summed E-state index contributed by atoms with van der Waals surface area (Å²) in [6.07, 6.45) is 1.58. The average molecular weight is 370 g/mol. The molecule has 2 rings (SSSR count). The van der Waals surface area contributed by atoms with Gasteiger partial charge in [0.2, 0.25) is 5.91 Å². The van der Waals surface area contributed by atoms with Gasteiger partial charge in [0.05, 0.1) is 5.92 Å². The first-order valence-corrected chi connectivity index (χ1v) is 8.98. The summed E-state index contributed by atoms with van der Waals surface area (Å²) >= 11 is 3.45. The number of amides is 1. The van der Waals surface area contributed by atoms with Crippen molar-refractivity contribution in [1.29, 1.82) is 0 Å². The topological polar surface area (TPSA) is 29.1 Å². The van der Waals surface area contributed by atoms with Crippen LogP contribution in [-0.2, 0) is 4.79 Å². The fourth-order valence-electron chi connectivity index (χ4n) is 3.71. The van der Waals surface area contributed by atoms with Crippen LogP contribution >= 0.6 is 15.9 Å². The lowest BCUT2D eigenvalue weighted by Gasteiger charge is -2.36. The van der Waals surface area contributed by atoms with Gasteiger partial charge in [0.15, 0.2) is 0 Å². The van der Waals surface area contributed by atoms with Crippen molar-refractivity contribution in [1.82, 2.24) is 5.32 Å². The molecule has 0 spiro atoms. The molecule has 2 fully saturated rings. The van der Waals surface area contributed by atoms with Gasteiger partial charge in [-0.1, -0.05) is 41.6 Å². The molecule has 2 saturated carbocycles. The number of alkyl halides is 4. The van der Waals surface area contributed by atoms with Crippen LogP contribution < -0.4 is 5.32 Å². The van der Waals surface area contributed by atoms with Crippen molar-refractivity contribution in [3.63, 3.8) is 0 Å². The molecule has 2 aliphatic carbocycles. The third-order valence-electron chi connectivity index (χ3n) is 4.96. The molecule has 0 aromatic heterocycles. The number of nitrogens with one attached hydrogen (secondary N) is 1. The lowest BCUT2D eigenvalue weighted by Crippen LogP contribution is -2.49. The van der Waals surface area contributed by atoms with Gasteiger partial charge in [0.1, 0.15) is 0 Å². The molecule has 0 radical (unpaired) electrons. The first kappa shape index (κ1) is 17.1. The Kier molecular flexibility index (Phi) is 5.97. The van der Waals surface area contributed by atoms with Gasteiger partial charge in [-0.05, 0) is 31.6 Å². The zero-order valence-electron chi connectivity index (χ0n) is 12.1. The summed E-state index contributed by atoms with van der Waals surface area (Å²) in [5.74, 6) is -2.39. The van der Waals surface area contributed by atoms with Gasteiger partial charge in [-0.2, -0.15) is 13.2 Å². The number of halogens is 4. The van der Waals surface area contributed by atoms with E-state index in [1.165, 1.54) is 0 Å². The van der Waals surface area contributed by atoms with Crippen molar-refractivity contribution in [3.8, 4) is 0 Å². The highest BCUT2D eigenvalue weighted by molar-refractivity contribution is 9.09. The number of carbonyl (C=O) groups is 1. The normalized spacial score (nSPS) is 34.5. The van der Waals surface area contributed by atoms with Gasteiger partial charge in [-0.25, -0.2) is 0 Å². The fourth-order valence-corrected chi connectivity index (χ4v) is 4.48. The lowest BCUT2D eigenvalue weighted by atomic mass is 9.77. The van der Waals surface area contributed by atoms with E-state index in [2.05, 4.69) is 21.2 Å². The Labute approximate surface area is 132 Å². The smallest absolute Gasteiger partial charge is 0.353 e. The fraction of sp³-hybridized carbons (Fsp3) is 0.933. The molecule has 0 bridgehead atoms. The van der Waals surface area contributed by atoms with Crippen LogP contribution in [0.5, 0.6) is 0 Å². The molecule has 122 valence electrons. The van der Waals surface area contributed by atoms with E-state index in [0.29, 0.717) is 18.8 Å². The average Bonchev–Trinajstić information content (AvgIpc) is 2.47. The van der Waals surface area contributed by atoms with Crippen LogP contribution in [0.3, 0.4) is 0 Å². The summed E-state index contributed by atoms with van der Waals surface area (Å²) in [6.45, 7) is 0. The first-order valence-electron chi connectivity index (χ1n) is 7.86. The van der Waals surface area contributed by atoms with E-state index in [1.54, 1.807) is 0 Å². The third-order valence-corrected chi connectivity index (χ3v) is 5.79. The summed E-state index contributed by atoms with van der Waals surface area (Å²) in [5, 5.41) is 3.72. The Balaban J connectivity index is 2.00. The lowest BCUT2D eigenvalue weighted by molar-refractivity contribution is -0.198. The predicted molar refractivity (Wildman–Crippen MR) is 79.2 cm³/mol. The summed E-state index contributed by atoms with van der Waals surface area (Å²) in [6, 6.07) is 0.0291. The Morgan fingerprint density at radius 2 is 1.67 bits per heavy atom. The van der Waals surface area contributed by atoms with Crippen molar-refractivity contribution in [2.45, 2.75) is 63.6 Å². The summed E-state index contributed by atoms with van der Waals surface area (Å²) in [5.41, 5.74) is 0. The summed E-state index contributed by atoms with van der Waals surface area (Å²) in [4.78, 5) is 12.4. The minimum absolute atomic E-state index is 0.0291. The molecule has 2 nitrogen and oxygen atoms in total. The molecule has 0 saturated heterocycles. The van der Waals surface area contributed by atoms with Crippen molar-refractivity contribution in [3.05, 3.63) is 0 Å². The second kappa shape index (κ2) is 7.34. The Morgan fingerprint density at radius 3 is 2.33 bits per heavy atom. The van der Waals surface area contributed by atoms with Gasteiger partial charge in [-0.15, -0.1) is 0 Å². The molecule has 2 aliphatic rings. The molecule has 1 amide bonds. The number of rotatable bonds is 3. The molecule has 0 heterocycles. The van der Waals surface area contributed by atoms with E-state index >= 15 is 0 Å². The quantitative estimate of drug-likeness (QED) is 0.732. The third kappa shape index (κ3) is 4.36. The van der Waals surface area contributed by atoms with Crippen LogP contribution in [-0.4, -0.2) is 23.5 Å². The van der Waals surface area contributed by atoms with E-state index in [1.807, 2.05) is 0 Å². The minimum atomic E-state index is -4.26. The molecule has 4 atom stereocenters. The van der Waals surface area contributed by atoms with Gasteiger partial charge in [0, 0.05) is 17.3 Å². The Hall–Kier alpha value is -0.260. The van der Waals surface area contributed by atoms with Crippen LogP contribution in [0, 0.1) is 17.8 Å². The molecule has 0 aromatic carbocycles. The van der Waals surface area contributed by atoms with E-state index in [9.17, 15) is 18.0 Å². The second-order valence-corrected chi connectivity index (χ2v) is 7.00. The monoisotopic (exact) mass is 369 g/mol. The van der Waals surface area contributed by atoms with Gasteiger partial charge < -0.3 is 5.32 Å². The van der Waals surface area contributed by atoms with Crippen LogP contribution in [0.1, 0.15) is 51.4 Å². The molecule has 21 heavy (non-hydrogen) atoms. The minimum Gasteiger partial charge on any atom is -0.353 e. The van der Waals surface area contributed by atoms with E-state index < -0.39 is 18.0 Å². The molecule has 0 aliphatic heterocycles. The molecule has 4 unspecified atom stereocenters. The van der Waals surface area contributed by atoms with Crippen molar-refractivity contribution in [2.75, 3.05) is 5.33 Å². The van der Waals surface area contributed by atoms with Gasteiger partial charge in [-0.3, -0.25) is 4.79 Å². The van der Waals surface area contributed by atoms with E-state index in [4.69, 9.17) is 0 Å². The SMILES string of the molecule is O=C(NC1CCCCC1CBr)C1CCCCC1C(F)(F)F. The predicted octanol–water partition coefficient (Wildman–Crippen LogP) is 4.43. The highest BCUT2D eigenvalue weighted by Crippen LogP contribution is 2.41. The number of carbonyl (C=O) groups excluding carboxylic acids is 1. The van der Waals surface area contributed by atoms with Crippen molar-refractivity contribution < 1.29 is 18.0 Å². The maximum Gasteiger partial charge on any atom is 0.392 e. The molecule has 0 aromatic rings. The van der Waals surface area contributed by atoms with Gasteiger partial charge in [0.25, 0.3) is 0 Å². The first-order chi connectivity index (χ1) is 9.93. The van der Waals surface area contributed by atoms with Crippen LogP contribution in [0.25, 0.3) is 0 Å². The Bertz CT molecular complexity index is 361. The van der Waals surface area contributed by atoms with E-state index in [0.717, 1.165) is 37.4 Å². The second-order valence-electron chi connectivity index (χ2n) is 6.35. The summed E-state index contributed by atoms with van der Waals surface area (Å²) in [7, 11) is 0. The zero-order valence-corrected chi connectivity index (χ0v) is 13.7. The van der Waals surface area contributed by atoms with E-state index in [-0.39, 0.29) is 18.4 Å². The zero-order chi connectivity index (χ0) is 15.5. The maximum absolute atomic E-state index is 13.1. The number of hydrogen-bond donors (Lipinski definition) is 1. The largest absolute Gasteiger partial charge is 0.392 e. The number of hydrogen-bond acceptors (Lipinski definition) is 1.